The molecule has 0 rings (SSSR count). The smallest absolute Gasteiger partial charge is 0.462 e. The second-order valence-corrected chi connectivity index (χ2v) is 34.8. The number of aliphatic hydroxyl groups excluding tert-OH is 1. The number of unbranched alkanes of at least 4 members (excludes halogenated alkanes) is 55. The van der Waals surface area contributed by atoms with Crippen LogP contribution in [0.2, 0.25) is 0 Å². The maximum atomic E-state index is 13.1. The summed E-state index contributed by atoms with van der Waals surface area (Å²) < 4.78 is 68.9. The van der Waals surface area contributed by atoms with Crippen LogP contribution in [-0.4, -0.2) is 96.7 Å². The maximum absolute atomic E-state index is 13.1. The van der Waals surface area contributed by atoms with E-state index in [1.54, 1.807) is 0 Å². The van der Waals surface area contributed by atoms with E-state index in [-0.39, 0.29) is 25.7 Å². The lowest BCUT2D eigenvalue weighted by Crippen LogP contribution is -2.30. The van der Waals surface area contributed by atoms with Crippen LogP contribution in [0, 0.1) is 11.8 Å². The lowest BCUT2D eigenvalue weighted by Gasteiger charge is -2.21. The summed E-state index contributed by atoms with van der Waals surface area (Å²) in [4.78, 5) is 73.2. The van der Waals surface area contributed by atoms with Gasteiger partial charge in [0.25, 0.3) is 0 Å². The number of hydrogen-bond donors (Lipinski definition) is 3. The van der Waals surface area contributed by atoms with Gasteiger partial charge in [-0.05, 0) is 37.5 Å². The normalized spacial score (nSPS) is 13.8. The standard InChI is InChI=1S/C86H168O17P2/c1-7-9-11-13-15-17-19-20-21-22-23-24-25-28-35-40-46-52-58-64-70-85(90)103-82(75-97-84(89)69-63-57-51-45-39-34-29-26-27-32-37-42-48-54-60-66-78(3)4)77-101-105(94,95)99-73-80(87)72-98-104(92,93)100-76-81(74-96-83(88)68-62-56-50-44-18-16-14-12-10-8-2)102-86(91)71-65-59-53-47-41-36-31-30-33-38-43-49-55-61-67-79(5)6/h78-82,87H,7-77H2,1-6H3,(H,92,93)(H,94,95)/t80-,81+,82+/m0/s1. The molecule has 0 aromatic rings. The van der Waals surface area contributed by atoms with E-state index < -0.39 is 97.5 Å². The molecule has 0 aliphatic rings. The Morgan fingerprint density at radius 1 is 0.257 bits per heavy atom. The van der Waals surface area contributed by atoms with Crippen LogP contribution in [0.15, 0.2) is 0 Å². The summed E-state index contributed by atoms with van der Waals surface area (Å²) in [5.74, 6) is -0.500. The summed E-state index contributed by atoms with van der Waals surface area (Å²) in [7, 11) is -9.93. The van der Waals surface area contributed by atoms with Gasteiger partial charge in [-0.1, -0.05) is 408 Å². The van der Waals surface area contributed by atoms with Crippen molar-refractivity contribution < 1.29 is 80.2 Å². The van der Waals surface area contributed by atoms with E-state index in [0.29, 0.717) is 25.7 Å². The van der Waals surface area contributed by atoms with Gasteiger partial charge >= 0.3 is 39.5 Å². The van der Waals surface area contributed by atoms with E-state index in [2.05, 4.69) is 41.5 Å². The Morgan fingerprint density at radius 3 is 0.648 bits per heavy atom. The molecule has 0 radical (unpaired) electrons. The van der Waals surface area contributed by atoms with E-state index in [0.717, 1.165) is 102 Å². The summed E-state index contributed by atoms with van der Waals surface area (Å²) in [6, 6.07) is 0. The molecular weight excluding hydrogens is 1370 g/mol. The number of esters is 4. The lowest BCUT2D eigenvalue weighted by molar-refractivity contribution is -0.161. The fraction of sp³-hybridized carbons (Fsp3) is 0.953. The zero-order valence-corrected chi connectivity index (χ0v) is 70.8. The van der Waals surface area contributed by atoms with Gasteiger partial charge < -0.3 is 33.8 Å². The second kappa shape index (κ2) is 77.4. The van der Waals surface area contributed by atoms with Gasteiger partial charge in [0, 0.05) is 25.7 Å². The highest BCUT2D eigenvalue weighted by atomic mass is 31.2. The average Bonchev–Trinajstić information content (AvgIpc) is 0.964. The van der Waals surface area contributed by atoms with Crippen LogP contribution in [0.25, 0.3) is 0 Å². The van der Waals surface area contributed by atoms with E-state index in [9.17, 15) is 43.2 Å². The summed E-state index contributed by atoms with van der Waals surface area (Å²) in [5.41, 5.74) is 0. The predicted octanol–water partition coefficient (Wildman–Crippen LogP) is 26.2. The number of phosphoric acid groups is 2. The molecule has 19 heteroatoms. The van der Waals surface area contributed by atoms with Crippen molar-refractivity contribution in [1.29, 1.82) is 0 Å². The van der Waals surface area contributed by atoms with Crippen LogP contribution < -0.4 is 0 Å². The molecule has 3 N–H and O–H groups in total. The van der Waals surface area contributed by atoms with Crippen molar-refractivity contribution in [2.75, 3.05) is 39.6 Å². The van der Waals surface area contributed by atoms with Crippen LogP contribution in [-0.2, 0) is 65.4 Å². The molecule has 17 nitrogen and oxygen atoms in total. The van der Waals surface area contributed by atoms with Crippen molar-refractivity contribution in [3.05, 3.63) is 0 Å². The van der Waals surface area contributed by atoms with Gasteiger partial charge in [0.05, 0.1) is 26.4 Å². The molecule has 2 unspecified atom stereocenters. The third kappa shape index (κ3) is 79.9. The molecule has 0 aliphatic heterocycles. The molecular formula is C86H168O17P2. The molecule has 0 aliphatic carbocycles. The van der Waals surface area contributed by atoms with Crippen molar-refractivity contribution in [2.24, 2.45) is 11.8 Å². The fourth-order valence-electron chi connectivity index (χ4n) is 13.4. The number of carbonyl (C=O) groups excluding carboxylic acids is 4. The molecule has 0 bridgehead atoms. The van der Waals surface area contributed by atoms with Crippen LogP contribution in [0.3, 0.4) is 0 Å². The van der Waals surface area contributed by atoms with Gasteiger partial charge in [-0.15, -0.1) is 0 Å². The van der Waals surface area contributed by atoms with Gasteiger partial charge in [0.15, 0.2) is 12.2 Å². The Labute approximate surface area is 645 Å². The van der Waals surface area contributed by atoms with E-state index in [4.69, 9.17) is 37.0 Å². The number of phosphoric ester groups is 2. The monoisotopic (exact) mass is 1540 g/mol. The summed E-state index contributed by atoms with van der Waals surface area (Å²) in [6.07, 6.45) is 69.4. The first-order valence-electron chi connectivity index (χ1n) is 44.5. The minimum atomic E-state index is -4.97. The summed E-state index contributed by atoms with van der Waals surface area (Å²) >= 11 is 0. The maximum Gasteiger partial charge on any atom is 0.472 e. The SMILES string of the molecule is CCCCCCCCCCCCCCCCCCCCCCC(=O)O[C@H](COC(=O)CCCCCCCCCCCCCCCCCC(C)C)COP(=O)(O)OC[C@@H](O)COP(=O)(O)OC[C@@H](COC(=O)CCCCCCCCCCCC)OC(=O)CCCCCCCCCCCCCCCCC(C)C. The largest absolute Gasteiger partial charge is 0.472 e. The minimum absolute atomic E-state index is 0.108. The first kappa shape index (κ1) is 103. The first-order chi connectivity index (χ1) is 50.9. The molecule has 105 heavy (non-hydrogen) atoms. The lowest BCUT2D eigenvalue weighted by atomic mass is 10.0. The highest BCUT2D eigenvalue weighted by molar-refractivity contribution is 7.47. The predicted molar refractivity (Wildman–Crippen MR) is 432 cm³/mol. The Morgan fingerprint density at radius 2 is 0.438 bits per heavy atom. The Balaban J connectivity index is 5.23. The molecule has 0 aromatic carbocycles. The molecule has 0 fully saturated rings. The summed E-state index contributed by atoms with van der Waals surface area (Å²) in [5, 5.41) is 10.7. The van der Waals surface area contributed by atoms with Crippen LogP contribution >= 0.6 is 15.6 Å². The average molecular weight is 1540 g/mol. The van der Waals surface area contributed by atoms with Gasteiger partial charge in [0.1, 0.15) is 19.3 Å². The molecule has 0 amide bonds. The summed E-state index contributed by atoms with van der Waals surface area (Å²) in [6.45, 7) is 9.71. The van der Waals surface area contributed by atoms with Gasteiger partial charge in [-0.2, -0.15) is 0 Å². The van der Waals surface area contributed by atoms with Crippen LogP contribution in [0.4, 0.5) is 0 Å². The van der Waals surface area contributed by atoms with Gasteiger partial charge in [0.2, 0.25) is 0 Å². The van der Waals surface area contributed by atoms with Crippen molar-refractivity contribution >= 4 is 39.5 Å². The highest BCUT2D eigenvalue weighted by Crippen LogP contribution is 2.45. The van der Waals surface area contributed by atoms with Crippen molar-refractivity contribution in [3.8, 4) is 0 Å². The zero-order valence-electron chi connectivity index (χ0n) is 69.0. The van der Waals surface area contributed by atoms with Crippen molar-refractivity contribution in [1.82, 2.24) is 0 Å². The number of hydrogen-bond acceptors (Lipinski definition) is 15. The molecule has 0 aromatic heterocycles. The Hall–Kier alpha value is -1.94. The van der Waals surface area contributed by atoms with Gasteiger partial charge in [-0.3, -0.25) is 37.3 Å². The third-order valence-electron chi connectivity index (χ3n) is 20.2. The minimum Gasteiger partial charge on any atom is -0.462 e. The molecule has 5 atom stereocenters. The van der Waals surface area contributed by atoms with E-state index in [1.807, 2.05) is 0 Å². The number of aliphatic hydroxyl groups is 1. The Kier molecular flexibility index (Phi) is 76.0. The second-order valence-electron chi connectivity index (χ2n) is 31.9. The van der Waals surface area contributed by atoms with Crippen LogP contribution in [0.1, 0.15) is 459 Å². The van der Waals surface area contributed by atoms with E-state index >= 15 is 0 Å². The topological polar surface area (TPSA) is 237 Å². The number of rotatable bonds is 85. The Bertz CT molecular complexity index is 2010. The van der Waals surface area contributed by atoms with Crippen molar-refractivity contribution in [2.45, 2.75) is 477 Å². The van der Waals surface area contributed by atoms with Gasteiger partial charge in [-0.25, -0.2) is 9.13 Å². The zero-order chi connectivity index (χ0) is 77.1. The quantitative estimate of drug-likeness (QED) is 0.0222. The third-order valence-corrected chi connectivity index (χ3v) is 22.1. The first-order valence-corrected chi connectivity index (χ1v) is 47.5. The van der Waals surface area contributed by atoms with Crippen LogP contribution in [0.5, 0.6) is 0 Å². The number of carbonyl (C=O) groups is 4. The highest BCUT2D eigenvalue weighted by Gasteiger charge is 2.30. The van der Waals surface area contributed by atoms with Crippen molar-refractivity contribution in [3.63, 3.8) is 0 Å². The van der Waals surface area contributed by atoms with E-state index in [1.165, 1.54) is 276 Å². The number of ether oxygens (including phenoxy) is 4. The molecule has 0 saturated carbocycles. The molecule has 624 valence electrons. The molecule has 0 spiro atoms. The molecule has 0 heterocycles. The fourth-order valence-corrected chi connectivity index (χ4v) is 15.0. The molecule has 0 saturated heterocycles.